The van der Waals surface area contributed by atoms with Crippen molar-refractivity contribution in [2.24, 2.45) is 7.05 Å². The van der Waals surface area contributed by atoms with Gasteiger partial charge < -0.3 is 4.57 Å². The van der Waals surface area contributed by atoms with Crippen molar-refractivity contribution in [2.45, 2.75) is 17.8 Å². The number of thioether (sulfide) groups is 1. The van der Waals surface area contributed by atoms with Crippen LogP contribution in [0, 0.1) is 6.92 Å². The Hall–Kier alpha value is -2.14. The Morgan fingerprint density at radius 1 is 1.10 bits per heavy atom. The van der Waals surface area contributed by atoms with Crippen LogP contribution in [-0.2, 0) is 12.8 Å². The lowest BCUT2D eigenvalue weighted by molar-refractivity contribution is 0.793. The van der Waals surface area contributed by atoms with Gasteiger partial charge in [0.15, 0.2) is 11.0 Å². The average molecular weight is 296 g/mol. The van der Waals surface area contributed by atoms with E-state index in [1.807, 2.05) is 23.7 Å². The molecular weight excluding hydrogens is 280 g/mol. The first-order chi connectivity index (χ1) is 10.3. The van der Waals surface area contributed by atoms with E-state index >= 15 is 0 Å². The van der Waals surface area contributed by atoms with Gasteiger partial charge in [-0.3, -0.25) is 4.98 Å². The van der Waals surface area contributed by atoms with E-state index in [1.165, 1.54) is 11.1 Å². The Balaban J connectivity index is 1.79. The molecule has 3 aromatic rings. The standard InChI is InChI=1S/C16H16N4S/c1-12-6-3-4-7-14(12)11-21-16-19-18-15(20(16)2)13-8-5-9-17-10-13/h3-10H,11H2,1-2H3. The third-order valence-corrected chi connectivity index (χ3v) is 4.44. The lowest BCUT2D eigenvalue weighted by Gasteiger charge is -2.05. The van der Waals surface area contributed by atoms with Gasteiger partial charge in [0.1, 0.15) is 0 Å². The van der Waals surface area contributed by atoms with Crippen molar-refractivity contribution >= 4 is 11.8 Å². The van der Waals surface area contributed by atoms with Crippen LogP contribution < -0.4 is 0 Å². The summed E-state index contributed by atoms with van der Waals surface area (Å²) in [4.78, 5) is 4.13. The van der Waals surface area contributed by atoms with Gasteiger partial charge in [-0.25, -0.2) is 0 Å². The first kappa shape index (κ1) is 13.8. The highest BCUT2D eigenvalue weighted by Gasteiger charge is 2.11. The van der Waals surface area contributed by atoms with Gasteiger partial charge in [-0.15, -0.1) is 10.2 Å². The summed E-state index contributed by atoms with van der Waals surface area (Å²) in [6.45, 7) is 2.13. The van der Waals surface area contributed by atoms with Crippen molar-refractivity contribution in [2.75, 3.05) is 0 Å². The number of hydrogen-bond donors (Lipinski definition) is 0. The topological polar surface area (TPSA) is 43.6 Å². The minimum Gasteiger partial charge on any atom is -0.305 e. The van der Waals surface area contributed by atoms with Crippen molar-refractivity contribution < 1.29 is 0 Å². The van der Waals surface area contributed by atoms with Crippen molar-refractivity contribution in [3.8, 4) is 11.4 Å². The molecule has 0 atom stereocenters. The minimum atomic E-state index is 0.843. The summed E-state index contributed by atoms with van der Waals surface area (Å²) in [6, 6.07) is 12.3. The quantitative estimate of drug-likeness (QED) is 0.691. The maximum absolute atomic E-state index is 4.28. The van der Waals surface area contributed by atoms with E-state index in [0.29, 0.717) is 0 Å². The van der Waals surface area contributed by atoms with Crippen molar-refractivity contribution in [3.63, 3.8) is 0 Å². The van der Waals surface area contributed by atoms with Gasteiger partial charge in [0.05, 0.1) is 0 Å². The molecule has 3 rings (SSSR count). The minimum absolute atomic E-state index is 0.843. The number of aromatic nitrogens is 4. The van der Waals surface area contributed by atoms with Crippen LogP contribution in [0.25, 0.3) is 11.4 Å². The molecular formula is C16H16N4S. The molecule has 0 radical (unpaired) electrons. The molecule has 0 aliphatic heterocycles. The van der Waals surface area contributed by atoms with Crippen LogP contribution in [0.15, 0.2) is 53.9 Å². The van der Waals surface area contributed by atoms with Crippen LogP contribution in [0.3, 0.4) is 0 Å². The van der Waals surface area contributed by atoms with Crippen LogP contribution in [0.2, 0.25) is 0 Å². The molecule has 0 N–H and O–H groups in total. The molecule has 21 heavy (non-hydrogen) atoms. The summed E-state index contributed by atoms with van der Waals surface area (Å²) < 4.78 is 2.01. The number of nitrogens with zero attached hydrogens (tertiary/aromatic N) is 4. The van der Waals surface area contributed by atoms with E-state index < -0.39 is 0 Å². The molecule has 2 aromatic heterocycles. The first-order valence-corrected chi connectivity index (χ1v) is 7.71. The summed E-state index contributed by atoms with van der Waals surface area (Å²) in [5.74, 6) is 1.74. The summed E-state index contributed by atoms with van der Waals surface area (Å²) in [7, 11) is 1.99. The Kier molecular flexibility index (Phi) is 4.01. The molecule has 0 unspecified atom stereocenters. The fourth-order valence-corrected chi connectivity index (χ4v) is 3.09. The van der Waals surface area contributed by atoms with Gasteiger partial charge in [0.2, 0.25) is 0 Å². The Bertz CT molecular complexity index is 737. The Labute approximate surface area is 128 Å². The van der Waals surface area contributed by atoms with E-state index in [-0.39, 0.29) is 0 Å². The second-order valence-corrected chi connectivity index (χ2v) is 5.76. The molecule has 2 heterocycles. The van der Waals surface area contributed by atoms with E-state index in [4.69, 9.17) is 0 Å². The van der Waals surface area contributed by atoms with Gasteiger partial charge in [0, 0.05) is 30.8 Å². The van der Waals surface area contributed by atoms with Gasteiger partial charge in [0.25, 0.3) is 0 Å². The van der Waals surface area contributed by atoms with Gasteiger partial charge in [-0.05, 0) is 30.2 Å². The monoisotopic (exact) mass is 296 g/mol. The molecule has 1 aromatic carbocycles. The molecule has 0 aliphatic rings. The van der Waals surface area contributed by atoms with E-state index in [0.717, 1.165) is 22.3 Å². The summed E-state index contributed by atoms with van der Waals surface area (Å²) in [6.07, 6.45) is 3.56. The molecule has 106 valence electrons. The van der Waals surface area contributed by atoms with Crippen LogP contribution in [0.1, 0.15) is 11.1 Å². The molecule has 0 amide bonds. The van der Waals surface area contributed by atoms with Crippen LogP contribution >= 0.6 is 11.8 Å². The van der Waals surface area contributed by atoms with Gasteiger partial charge in [-0.1, -0.05) is 36.0 Å². The number of benzene rings is 1. The number of pyridine rings is 1. The van der Waals surface area contributed by atoms with E-state index in [2.05, 4.69) is 46.4 Å². The Morgan fingerprint density at radius 2 is 1.95 bits per heavy atom. The predicted octanol–water partition coefficient (Wildman–Crippen LogP) is 3.48. The smallest absolute Gasteiger partial charge is 0.191 e. The summed E-state index contributed by atoms with van der Waals surface area (Å²) in [5, 5.41) is 9.47. The van der Waals surface area contributed by atoms with Gasteiger partial charge >= 0.3 is 0 Å². The zero-order chi connectivity index (χ0) is 14.7. The van der Waals surface area contributed by atoms with Crippen LogP contribution in [-0.4, -0.2) is 19.7 Å². The summed E-state index contributed by atoms with van der Waals surface area (Å²) >= 11 is 1.70. The zero-order valence-electron chi connectivity index (χ0n) is 12.0. The number of rotatable bonds is 4. The summed E-state index contributed by atoms with van der Waals surface area (Å²) in [5.41, 5.74) is 3.61. The fourth-order valence-electron chi connectivity index (χ4n) is 2.10. The molecule has 0 bridgehead atoms. The van der Waals surface area contributed by atoms with Crippen molar-refractivity contribution in [1.82, 2.24) is 19.7 Å². The lowest BCUT2D eigenvalue weighted by Crippen LogP contribution is -1.95. The fraction of sp³-hybridized carbons (Fsp3) is 0.188. The Morgan fingerprint density at radius 3 is 2.71 bits per heavy atom. The maximum Gasteiger partial charge on any atom is 0.191 e. The van der Waals surface area contributed by atoms with Gasteiger partial charge in [-0.2, -0.15) is 0 Å². The largest absolute Gasteiger partial charge is 0.305 e. The first-order valence-electron chi connectivity index (χ1n) is 6.73. The molecule has 0 saturated heterocycles. The second-order valence-electron chi connectivity index (χ2n) is 4.82. The molecule has 4 nitrogen and oxygen atoms in total. The second kappa shape index (κ2) is 6.10. The third kappa shape index (κ3) is 2.97. The molecule has 0 spiro atoms. The SMILES string of the molecule is Cc1ccccc1CSc1nnc(-c2cccnc2)n1C. The van der Waals surface area contributed by atoms with Crippen molar-refractivity contribution in [3.05, 3.63) is 59.9 Å². The molecule has 0 fully saturated rings. The van der Waals surface area contributed by atoms with E-state index in [9.17, 15) is 0 Å². The van der Waals surface area contributed by atoms with Crippen LogP contribution in [0.4, 0.5) is 0 Å². The molecule has 5 heteroatoms. The normalized spacial score (nSPS) is 10.8. The maximum atomic E-state index is 4.28. The highest BCUT2D eigenvalue weighted by Crippen LogP contribution is 2.25. The predicted molar refractivity (Wildman–Crippen MR) is 85.0 cm³/mol. The number of hydrogen-bond acceptors (Lipinski definition) is 4. The zero-order valence-corrected chi connectivity index (χ0v) is 12.8. The molecule has 0 saturated carbocycles. The van der Waals surface area contributed by atoms with E-state index in [1.54, 1.807) is 24.2 Å². The van der Waals surface area contributed by atoms with Crippen LogP contribution in [0.5, 0.6) is 0 Å². The molecule has 0 aliphatic carbocycles. The number of aryl methyl sites for hydroxylation is 1. The lowest BCUT2D eigenvalue weighted by atomic mass is 10.1. The third-order valence-electron chi connectivity index (χ3n) is 3.37. The highest BCUT2D eigenvalue weighted by molar-refractivity contribution is 7.98. The average Bonchev–Trinajstić information content (AvgIpc) is 2.88. The highest BCUT2D eigenvalue weighted by atomic mass is 32.2. The van der Waals surface area contributed by atoms with Crippen molar-refractivity contribution in [1.29, 1.82) is 0 Å².